The second kappa shape index (κ2) is 12.3. The molecule has 0 saturated heterocycles. The first kappa shape index (κ1) is 13.7. The number of rotatable bonds is 5. The highest BCUT2D eigenvalue weighted by Gasteiger charge is 2.22. The molecule has 266 valence electrons. The molecule has 0 amide bonds. The summed E-state index contributed by atoms with van der Waals surface area (Å²) in [5.74, 6) is -2.92. The van der Waals surface area contributed by atoms with E-state index in [2.05, 4.69) is 15.0 Å². The van der Waals surface area contributed by atoms with Crippen LogP contribution in [0.4, 0.5) is 0 Å². The molecule has 8 aromatic carbocycles. The molecule has 0 saturated carbocycles. The summed E-state index contributed by atoms with van der Waals surface area (Å²) >= 11 is 0. The lowest BCUT2D eigenvalue weighted by Gasteiger charge is -2.13. The van der Waals surface area contributed by atoms with Gasteiger partial charge in [-0.05, 0) is 76.6 Å². The van der Waals surface area contributed by atoms with Gasteiger partial charge in [-0.25, -0.2) is 0 Å². The highest BCUT2D eigenvalue weighted by atomic mass is 16.3. The van der Waals surface area contributed by atoms with Gasteiger partial charge < -0.3 is 4.42 Å². The van der Waals surface area contributed by atoms with Gasteiger partial charge in [0, 0.05) is 37.9 Å². The monoisotopic (exact) mass is 760 g/mol. The number of furan rings is 1. The minimum Gasteiger partial charge on any atom is -0.456 e. The summed E-state index contributed by atoms with van der Waals surface area (Å²) in [6.45, 7) is 0. The highest BCUT2D eigenvalue weighted by molar-refractivity contribution is 6.12. The smallest absolute Gasteiger partial charge is 0.240 e. The van der Waals surface area contributed by atoms with E-state index in [1.807, 2.05) is 0 Å². The quantitative estimate of drug-likeness (QED) is 0.175. The van der Waals surface area contributed by atoms with Crippen molar-refractivity contribution in [2.45, 2.75) is 0 Å². The fourth-order valence-corrected chi connectivity index (χ4v) is 6.50. The largest absolute Gasteiger partial charge is 0.456 e. The van der Waals surface area contributed by atoms with Gasteiger partial charge in [0.25, 0.3) is 0 Å². The number of fused-ring (bicyclic) bond motifs is 9. The van der Waals surface area contributed by atoms with Crippen LogP contribution < -0.4 is 0 Å². The highest BCUT2D eigenvalue weighted by Crippen LogP contribution is 2.38. The molecule has 0 radical (unpaired) electrons. The molecule has 6 nitrogen and oxygen atoms in total. The zero-order valence-electron chi connectivity index (χ0n) is 59.1. The average molecular weight is 761 g/mol. The number of hydrogen-bond donors (Lipinski definition) is 0. The fraction of sp³-hybridized carbons (Fsp3) is 0. The zero-order valence-corrected chi connectivity index (χ0v) is 28.1. The molecule has 0 unspecified atom stereocenters. The Morgan fingerprint density at radius 3 is 1.37 bits per heavy atom. The summed E-state index contributed by atoms with van der Waals surface area (Å²) in [5, 5.41) is -3.44. The fourth-order valence-electron chi connectivity index (χ4n) is 6.50. The van der Waals surface area contributed by atoms with E-state index in [-0.39, 0.29) is 0 Å². The second-order valence-electron chi connectivity index (χ2n) is 12.1. The molecule has 0 N–H and O–H groups in total. The second-order valence-corrected chi connectivity index (χ2v) is 12.1. The van der Waals surface area contributed by atoms with Crippen molar-refractivity contribution in [3.63, 3.8) is 0 Å². The molecule has 0 spiro atoms. The first-order chi connectivity index (χ1) is 41.2. The summed E-state index contributed by atoms with van der Waals surface area (Å²) in [6, 6.07) is -28.5. The van der Waals surface area contributed by atoms with E-state index in [0.29, 0.717) is 9.13 Å². The van der Waals surface area contributed by atoms with Crippen LogP contribution in [0.25, 0.3) is 111 Å². The number of benzene rings is 8. The SMILES string of the molecule is [2H]c1c([2H])c([2H])c(-c2c([2H])c([2H])c3c(c2[2H])c2c([2H])c([2H])c([2H])c([2H])c2n3-c2nc(-c3c([2H])c([2H])c4c(oc5c([2H])c([2H])c([2H])c([2H])c54)c3[2H])nc(-n3c4c([2H])c([2H])c([2H])c([2H])c4c4c([2H])c(-c5c([2H])c([2H])c([2H])c([2H])c5[2H])c([2H])c([2H])c43)n2)c([2H])c1[2H]. The maximum absolute atomic E-state index is 9.73. The van der Waals surface area contributed by atoms with Crippen molar-refractivity contribution in [3.8, 4) is 45.5 Å². The molecule has 4 heterocycles. The van der Waals surface area contributed by atoms with Crippen molar-refractivity contribution in [2.24, 2.45) is 0 Å². The summed E-state index contributed by atoms with van der Waals surface area (Å²) < 4.78 is 286. The van der Waals surface area contributed by atoms with Crippen LogP contribution in [0.1, 0.15) is 42.5 Å². The number of para-hydroxylation sites is 3. The van der Waals surface area contributed by atoms with Gasteiger partial charge in [0.05, 0.1) is 64.6 Å². The van der Waals surface area contributed by atoms with Gasteiger partial charge in [0.15, 0.2) is 5.82 Å². The molecule has 0 bridgehead atoms. The molecule has 0 fully saturated rings. The summed E-state index contributed by atoms with van der Waals surface area (Å²) in [5.41, 5.74) is -8.00. The van der Waals surface area contributed by atoms with Crippen molar-refractivity contribution in [2.75, 3.05) is 0 Å². The Hall–Kier alpha value is -7.83. The maximum Gasteiger partial charge on any atom is 0.240 e. The van der Waals surface area contributed by atoms with E-state index in [1.165, 1.54) is 0 Å². The lowest BCUT2D eigenvalue weighted by molar-refractivity contribution is 0.669. The van der Waals surface area contributed by atoms with Gasteiger partial charge in [-0.1, -0.05) is 133 Å². The Labute approximate surface area is 370 Å². The normalized spacial score (nSPS) is 19.5. The topological polar surface area (TPSA) is 61.7 Å². The lowest BCUT2D eigenvalue weighted by Crippen LogP contribution is -2.10. The predicted molar refractivity (Wildman–Crippen MR) is 232 cm³/mol. The molecule has 0 aliphatic carbocycles. The van der Waals surface area contributed by atoms with Crippen molar-refractivity contribution in [1.29, 1.82) is 0 Å². The Morgan fingerprint density at radius 2 is 0.789 bits per heavy atom. The molecular weight excluding hydrogens is 699 g/mol. The predicted octanol–water partition coefficient (Wildman–Crippen LogP) is 13.0. The van der Waals surface area contributed by atoms with Crippen LogP contribution in [0.3, 0.4) is 0 Å². The van der Waals surface area contributed by atoms with Crippen LogP contribution >= 0.6 is 0 Å². The first-order valence-electron chi connectivity index (χ1n) is 32.1. The van der Waals surface area contributed by atoms with Gasteiger partial charge in [0.1, 0.15) is 11.2 Å². The minimum absolute atomic E-state index is 0.415. The number of hydrogen-bond acceptors (Lipinski definition) is 4. The van der Waals surface area contributed by atoms with E-state index in [0.717, 1.165) is 0 Å². The minimum atomic E-state index is -1.03. The van der Waals surface area contributed by atoms with Gasteiger partial charge >= 0.3 is 0 Å². The number of aromatic nitrogens is 5. The van der Waals surface area contributed by atoms with Gasteiger partial charge in [0.2, 0.25) is 11.9 Å². The number of nitrogens with zero attached hydrogens (tertiary/aromatic N) is 5. The average Bonchev–Trinajstić information content (AvgIpc) is 1.55. The molecular formula is C51H31N5O. The van der Waals surface area contributed by atoms with Gasteiger partial charge in [-0.3, -0.25) is 9.13 Å². The van der Waals surface area contributed by atoms with Crippen LogP contribution in [0, 0.1) is 0 Å². The Balaban J connectivity index is 1.33. The van der Waals surface area contributed by atoms with Crippen molar-refractivity contribution >= 4 is 65.6 Å². The van der Waals surface area contributed by atoms with E-state index >= 15 is 0 Å². The molecule has 4 aromatic heterocycles. The maximum atomic E-state index is 9.73. The molecule has 6 heteroatoms. The standard InChI is InChI=1S/C51H31N5O/c1-3-13-32(14-4-1)34-24-27-45-41(29-34)37-17-7-10-20-43(37)55(45)50-52-49(36-23-26-40-39-19-9-12-22-47(39)57-48(40)31-36)53-51(54-50)56-44-21-11-8-18-38(44)42-30-35(25-28-46(42)56)33-15-5-2-6-16-33/h1-31H/i1D,2D,3D,4D,5D,6D,7D,8D,9D,10D,11D,12D,13D,14D,15D,16D,17D,18D,19D,20D,21D,22D,23D,24D,25D,26D,27D,28D,29D,30D,31D. The molecule has 12 rings (SSSR count). The summed E-state index contributed by atoms with van der Waals surface area (Å²) in [4.78, 5) is 13.8. The molecule has 0 aliphatic rings. The van der Waals surface area contributed by atoms with Crippen LogP contribution in [0.2, 0.25) is 0 Å². The van der Waals surface area contributed by atoms with Crippen LogP contribution in [-0.4, -0.2) is 24.1 Å². The Morgan fingerprint density at radius 1 is 0.333 bits per heavy atom. The van der Waals surface area contributed by atoms with E-state index in [1.54, 1.807) is 0 Å². The van der Waals surface area contributed by atoms with Crippen molar-refractivity contribution < 1.29 is 46.9 Å². The molecule has 0 aliphatic heterocycles. The van der Waals surface area contributed by atoms with Gasteiger partial charge in [-0.15, -0.1) is 0 Å². The third-order valence-electron chi connectivity index (χ3n) is 8.94. The van der Waals surface area contributed by atoms with Crippen LogP contribution in [0.15, 0.2) is 192 Å². The molecule has 57 heavy (non-hydrogen) atoms. The summed E-state index contributed by atoms with van der Waals surface area (Å²) in [6.07, 6.45) is 0. The van der Waals surface area contributed by atoms with Crippen molar-refractivity contribution in [1.82, 2.24) is 24.1 Å². The molecule has 12 aromatic rings. The van der Waals surface area contributed by atoms with Gasteiger partial charge in [-0.2, -0.15) is 15.0 Å². The van der Waals surface area contributed by atoms with Crippen LogP contribution in [-0.2, 0) is 0 Å². The Kier molecular flexibility index (Phi) is 2.97. The Bertz CT molecular complexity index is 5060. The third kappa shape index (κ3) is 4.94. The van der Waals surface area contributed by atoms with E-state index in [4.69, 9.17) is 29.1 Å². The zero-order chi connectivity index (χ0) is 64.4. The van der Waals surface area contributed by atoms with Crippen LogP contribution in [0.5, 0.6) is 0 Å². The summed E-state index contributed by atoms with van der Waals surface area (Å²) in [7, 11) is 0. The van der Waals surface area contributed by atoms with Crippen molar-refractivity contribution in [3.05, 3.63) is 187 Å². The molecule has 0 atom stereocenters. The first-order valence-corrected chi connectivity index (χ1v) is 16.6. The van der Waals surface area contributed by atoms with E-state index in [9.17, 15) is 17.8 Å². The third-order valence-corrected chi connectivity index (χ3v) is 8.94. The lowest BCUT2D eigenvalue weighted by atomic mass is 10.0. The van der Waals surface area contributed by atoms with E-state index < -0.39 is 298 Å².